The minimum absolute atomic E-state index is 0.257. The fourth-order valence-corrected chi connectivity index (χ4v) is 2.96. The molecule has 0 N–H and O–H groups in total. The van der Waals surface area contributed by atoms with Crippen molar-refractivity contribution in [1.82, 2.24) is 0 Å². The van der Waals surface area contributed by atoms with E-state index in [1.165, 1.54) is 0 Å². The summed E-state index contributed by atoms with van der Waals surface area (Å²) < 4.78 is 21.5. The minimum atomic E-state index is 0.257. The average Bonchev–Trinajstić information content (AvgIpc) is 3.39. The molecular weight excluding hydrogens is 356 g/mol. The number of aliphatic imine (C=N–C) groups is 2. The first-order chi connectivity index (χ1) is 13.8. The van der Waals surface area contributed by atoms with Crippen LogP contribution >= 0.6 is 0 Å². The van der Waals surface area contributed by atoms with Crippen molar-refractivity contribution in [3.63, 3.8) is 0 Å². The van der Waals surface area contributed by atoms with Gasteiger partial charge in [-0.2, -0.15) is 0 Å². The molecule has 2 aliphatic heterocycles. The fourth-order valence-electron chi connectivity index (χ4n) is 2.96. The van der Waals surface area contributed by atoms with E-state index in [9.17, 15) is 0 Å². The SMILES string of the molecule is C(=Nc1ccccc1N=Cc1ccc2c(c1)OCO2)c1ccc2c(c1)OCO2. The van der Waals surface area contributed by atoms with Gasteiger partial charge in [-0.05, 0) is 59.7 Å². The topological polar surface area (TPSA) is 61.6 Å². The Balaban J connectivity index is 1.38. The van der Waals surface area contributed by atoms with E-state index >= 15 is 0 Å². The highest BCUT2D eigenvalue weighted by Gasteiger charge is 2.13. The van der Waals surface area contributed by atoms with E-state index in [4.69, 9.17) is 18.9 Å². The molecule has 0 amide bonds. The van der Waals surface area contributed by atoms with Crippen molar-refractivity contribution in [2.24, 2.45) is 9.98 Å². The van der Waals surface area contributed by atoms with Crippen LogP contribution in [-0.4, -0.2) is 26.0 Å². The zero-order chi connectivity index (χ0) is 18.8. The van der Waals surface area contributed by atoms with Crippen molar-refractivity contribution in [2.45, 2.75) is 0 Å². The Labute approximate surface area is 161 Å². The van der Waals surface area contributed by atoms with Crippen LogP contribution in [0.25, 0.3) is 0 Å². The van der Waals surface area contributed by atoms with Crippen LogP contribution in [-0.2, 0) is 0 Å². The van der Waals surface area contributed by atoms with Gasteiger partial charge in [0.25, 0.3) is 0 Å². The Morgan fingerprint density at radius 3 is 1.54 bits per heavy atom. The van der Waals surface area contributed by atoms with Crippen LogP contribution in [0.4, 0.5) is 11.4 Å². The van der Waals surface area contributed by atoms with Crippen molar-refractivity contribution in [2.75, 3.05) is 13.6 Å². The van der Waals surface area contributed by atoms with E-state index in [2.05, 4.69) is 9.98 Å². The van der Waals surface area contributed by atoms with Crippen LogP contribution in [0.3, 0.4) is 0 Å². The number of para-hydroxylation sites is 2. The second-order valence-corrected chi connectivity index (χ2v) is 6.23. The lowest BCUT2D eigenvalue weighted by Gasteiger charge is -2.01. The van der Waals surface area contributed by atoms with Gasteiger partial charge in [0, 0.05) is 12.4 Å². The molecule has 2 aliphatic rings. The van der Waals surface area contributed by atoms with Gasteiger partial charge in [0.2, 0.25) is 13.6 Å². The van der Waals surface area contributed by atoms with Gasteiger partial charge in [-0.3, -0.25) is 9.98 Å². The lowest BCUT2D eigenvalue weighted by molar-refractivity contribution is 0.173. The summed E-state index contributed by atoms with van der Waals surface area (Å²) in [7, 11) is 0. The summed E-state index contributed by atoms with van der Waals surface area (Å²) >= 11 is 0. The molecule has 0 fully saturated rings. The molecule has 0 aromatic heterocycles. The number of rotatable bonds is 4. The molecule has 0 spiro atoms. The van der Waals surface area contributed by atoms with Crippen LogP contribution in [0.5, 0.6) is 23.0 Å². The first kappa shape index (κ1) is 16.4. The lowest BCUT2D eigenvalue weighted by atomic mass is 10.2. The highest BCUT2D eigenvalue weighted by Crippen LogP contribution is 2.34. The molecular formula is C22H16N2O4. The summed E-state index contributed by atoms with van der Waals surface area (Å²) in [6.45, 7) is 0.515. The van der Waals surface area contributed by atoms with Gasteiger partial charge in [-0.15, -0.1) is 0 Å². The van der Waals surface area contributed by atoms with Gasteiger partial charge < -0.3 is 18.9 Å². The zero-order valence-electron chi connectivity index (χ0n) is 14.9. The van der Waals surface area contributed by atoms with Gasteiger partial charge in [0.1, 0.15) is 0 Å². The Morgan fingerprint density at radius 2 is 1.04 bits per heavy atom. The van der Waals surface area contributed by atoms with Crippen molar-refractivity contribution in [3.8, 4) is 23.0 Å². The molecule has 0 aliphatic carbocycles. The van der Waals surface area contributed by atoms with E-state index in [0.29, 0.717) is 0 Å². The number of benzene rings is 3. The highest BCUT2D eigenvalue weighted by atomic mass is 16.7. The maximum absolute atomic E-state index is 5.41. The molecule has 3 aromatic rings. The third kappa shape index (κ3) is 3.27. The quantitative estimate of drug-likeness (QED) is 0.626. The predicted molar refractivity (Wildman–Crippen MR) is 106 cm³/mol. The molecule has 0 radical (unpaired) electrons. The molecule has 6 heteroatoms. The highest BCUT2D eigenvalue weighted by molar-refractivity contribution is 5.87. The van der Waals surface area contributed by atoms with E-state index in [1.807, 2.05) is 60.7 Å². The second kappa shape index (κ2) is 7.08. The molecule has 2 heterocycles. The average molecular weight is 372 g/mol. The molecule has 0 saturated carbocycles. The molecule has 3 aromatic carbocycles. The number of hydrogen-bond acceptors (Lipinski definition) is 6. The first-order valence-electron chi connectivity index (χ1n) is 8.82. The van der Waals surface area contributed by atoms with Gasteiger partial charge in [0.05, 0.1) is 11.4 Å². The van der Waals surface area contributed by atoms with Crippen molar-refractivity contribution in [3.05, 3.63) is 71.8 Å². The summed E-state index contributed by atoms with van der Waals surface area (Å²) in [6, 6.07) is 19.2. The summed E-state index contributed by atoms with van der Waals surface area (Å²) in [5.41, 5.74) is 3.41. The van der Waals surface area contributed by atoms with E-state index < -0.39 is 0 Å². The summed E-state index contributed by atoms with van der Waals surface area (Å²) in [6.07, 6.45) is 3.58. The van der Waals surface area contributed by atoms with E-state index in [-0.39, 0.29) is 13.6 Å². The first-order valence-corrected chi connectivity index (χ1v) is 8.82. The van der Waals surface area contributed by atoms with Gasteiger partial charge in [0.15, 0.2) is 23.0 Å². The van der Waals surface area contributed by atoms with Crippen molar-refractivity contribution < 1.29 is 18.9 Å². The van der Waals surface area contributed by atoms with Crippen LogP contribution in [0.2, 0.25) is 0 Å². The van der Waals surface area contributed by atoms with E-state index in [0.717, 1.165) is 45.5 Å². The Bertz CT molecular complexity index is 1010. The molecule has 0 atom stereocenters. The Morgan fingerprint density at radius 1 is 0.571 bits per heavy atom. The number of nitrogens with zero attached hydrogens (tertiary/aromatic N) is 2. The molecule has 6 nitrogen and oxygen atoms in total. The zero-order valence-corrected chi connectivity index (χ0v) is 14.9. The van der Waals surface area contributed by atoms with Gasteiger partial charge >= 0.3 is 0 Å². The summed E-state index contributed by atoms with van der Waals surface area (Å²) in [4.78, 5) is 9.18. The van der Waals surface area contributed by atoms with Gasteiger partial charge in [-0.1, -0.05) is 12.1 Å². The number of fused-ring (bicyclic) bond motifs is 2. The monoisotopic (exact) mass is 372 g/mol. The van der Waals surface area contributed by atoms with Crippen LogP contribution < -0.4 is 18.9 Å². The smallest absolute Gasteiger partial charge is 0.231 e. The third-order valence-corrected chi connectivity index (χ3v) is 4.38. The Kier molecular flexibility index (Phi) is 4.14. The maximum atomic E-state index is 5.41. The van der Waals surface area contributed by atoms with Gasteiger partial charge in [-0.25, -0.2) is 0 Å². The molecule has 138 valence electrons. The van der Waals surface area contributed by atoms with Crippen molar-refractivity contribution in [1.29, 1.82) is 0 Å². The Hall–Kier alpha value is -3.80. The minimum Gasteiger partial charge on any atom is -0.454 e. The normalized spacial score (nSPS) is 14.3. The maximum Gasteiger partial charge on any atom is 0.231 e. The largest absolute Gasteiger partial charge is 0.454 e. The molecule has 0 bridgehead atoms. The number of hydrogen-bond donors (Lipinski definition) is 0. The van der Waals surface area contributed by atoms with Crippen LogP contribution in [0.1, 0.15) is 11.1 Å². The molecule has 0 unspecified atom stereocenters. The summed E-state index contributed by atoms with van der Waals surface area (Å²) in [5.74, 6) is 2.98. The van der Waals surface area contributed by atoms with Crippen molar-refractivity contribution >= 4 is 23.8 Å². The fraction of sp³-hybridized carbons (Fsp3) is 0.0909. The molecule has 5 rings (SSSR count). The van der Waals surface area contributed by atoms with E-state index in [1.54, 1.807) is 12.4 Å². The standard InChI is InChI=1S/C22H16N2O4/c1-2-4-18(24-12-16-6-8-20-22(10-16)28-14-26-20)17(3-1)23-11-15-5-7-19-21(9-15)27-13-25-19/h1-12H,13-14H2. The van der Waals surface area contributed by atoms with Crippen LogP contribution in [0, 0.1) is 0 Å². The predicted octanol–water partition coefficient (Wildman–Crippen LogP) is 4.65. The molecule has 28 heavy (non-hydrogen) atoms. The number of ether oxygens (including phenoxy) is 4. The summed E-state index contributed by atoms with van der Waals surface area (Å²) in [5, 5.41) is 0. The van der Waals surface area contributed by atoms with Crippen LogP contribution in [0.15, 0.2) is 70.6 Å². The molecule has 0 saturated heterocycles. The third-order valence-electron chi connectivity index (χ3n) is 4.38. The second-order valence-electron chi connectivity index (χ2n) is 6.23. The lowest BCUT2D eigenvalue weighted by Crippen LogP contribution is -1.92.